The number of nitrogens with two attached hydrogens (primary N) is 1. The van der Waals surface area contributed by atoms with Crippen molar-refractivity contribution < 1.29 is 14.0 Å². The molecule has 29 heavy (non-hydrogen) atoms. The number of halogens is 2. The van der Waals surface area contributed by atoms with Crippen molar-refractivity contribution in [3.8, 4) is 0 Å². The molecule has 7 heteroatoms. The van der Waals surface area contributed by atoms with Gasteiger partial charge in [-0.3, -0.25) is 9.59 Å². The molecule has 2 amide bonds. The van der Waals surface area contributed by atoms with Crippen LogP contribution >= 0.6 is 12.4 Å². The molecule has 5 nitrogen and oxygen atoms in total. The zero-order chi connectivity index (χ0) is 20.7. The third-order valence-electron chi connectivity index (χ3n) is 5.35. The Hall–Kier alpha value is -2.44. The predicted octanol–water partition coefficient (Wildman–Crippen LogP) is 4.44. The first-order valence-electron chi connectivity index (χ1n) is 9.53. The Morgan fingerprint density at radius 1 is 1.03 bits per heavy atom. The SMILES string of the molecule is CCC(CC)(CN)C(=O)NC(C)c1ccc(NC(=O)c2ccc(F)cc2)cc1.Cl. The lowest BCUT2D eigenvalue weighted by molar-refractivity contribution is -0.131. The summed E-state index contributed by atoms with van der Waals surface area (Å²) >= 11 is 0. The molecule has 0 radical (unpaired) electrons. The second-order valence-corrected chi connectivity index (χ2v) is 6.97. The molecule has 0 aliphatic heterocycles. The van der Waals surface area contributed by atoms with Crippen LogP contribution in [0.3, 0.4) is 0 Å². The number of nitrogens with one attached hydrogen (secondary N) is 2. The van der Waals surface area contributed by atoms with Crippen molar-refractivity contribution in [2.45, 2.75) is 39.7 Å². The molecule has 2 rings (SSSR count). The van der Waals surface area contributed by atoms with E-state index in [0.717, 1.165) is 5.56 Å². The minimum absolute atomic E-state index is 0. The Bertz CT molecular complexity index is 798. The number of carbonyl (C=O) groups is 2. The summed E-state index contributed by atoms with van der Waals surface area (Å²) in [4.78, 5) is 24.9. The van der Waals surface area contributed by atoms with Gasteiger partial charge in [-0.1, -0.05) is 26.0 Å². The van der Waals surface area contributed by atoms with Gasteiger partial charge >= 0.3 is 0 Å². The van der Waals surface area contributed by atoms with E-state index >= 15 is 0 Å². The van der Waals surface area contributed by atoms with Gasteiger partial charge in [0, 0.05) is 17.8 Å². The Balaban J connectivity index is 0.00000420. The van der Waals surface area contributed by atoms with E-state index in [1.165, 1.54) is 24.3 Å². The summed E-state index contributed by atoms with van der Waals surface area (Å²) in [6.45, 7) is 6.17. The number of benzene rings is 2. The summed E-state index contributed by atoms with van der Waals surface area (Å²) in [5, 5.41) is 5.81. The van der Waals surface area contributed by atoms with Crippen LogP contribution < -0.4 is 16.4 Å². The van der Waals surface area contributed by atoms with Gasteiger partial charge < -0.3 is 16.4 Å². The van der Waals surface area contributed by atoms with Crippen molar-refractivity contribution in [3.05, 3.63) is 65.5 Å². The molecule has 0 bridgehead atoms. The first-order valence-corrected chi connectivity index (χ1v) is 9.53. The van der Waals surface area contributed by atoms with E-state index in [9.17, 15) is 14.0 Å². The van der Waals surface area contributed by atoms with Crippen molar-refractivity contribution in [2.24, 2.45) is 11.1 Å². The van der Waals surface area contributed by atoms with Crippen LogP contribution in [0.1, 0.15) is 55.6 Å². The maximum Gasteiger partial charge on any atom is 0.255 e. The molecular weight excluding hydrogens is 393 g/mol. The van der Waals surface area contributed by atoms with Crippen molar-refractivity contribution >= 4 is 29.9 Å². The maximum absolute atomic E-state index is 13.0. The lowest BCUT2D eigenvalue weighted by Crippen LogP contribution is -2.46. The minimum atomic E-state index is -0.544. The van der Waals surface area contributed by atoms with Crippen LogP contribution in [0, 0.1) is 11.2 Å². The van der Waals surface area contributed by atoms with Gasteiger partial charge in [0.15, 0.2) is 0 Å². The molecule has 2 aromatic rings. The zero-order valence-electron chi connectivity index (χ0n) is 17.0. The van der Waals surface area contributed by atoms with Crippen LogP contribution in [0.4, 0.5) is 10.1 Å². The third-order valence-corrected chi connectivity index (χ3v) is 5.35. The van der Waals surface area contributed by atoms with Crippen LogP contribution in [-0.2, 0) is 4.79 Å². The van der Waals surface area contributed by atoms with Crippen LogP contribution in [0.25, 0.3) is 0 Å². The third kappa shape index (κ3) is 6.02. The Morgan fingerprint density at radius 2 is 1.59 bits per heavy atom. The molecule has 0 heterocycles. The highest BCUT2D eigenvalue weighted by Gasteiger charge is 2.34. The highest BCUT2D eigenvalue weighted by Crippen LogP contribution is 2.27. The van der Waals surface area contributed by atoms with Gasteiger partial charge in [-0.25, -0.2) is 4.39 Å². The largest absolute Gasteiger partial charge is 0.349 e. The molecule has 0 aromatic heterocycles. The summed E-state index contributed by atoms with van der Waals surface area (Å²) in [6, 6.07) is 12.4. The van der Waals surface area contributed by atoms with E-state index in [0.29, 0.717) is 30.6 Å². The van der Waals surface area contributed by atoms with Gasteiger partial charge in [0.25, 0.3) is 5.91 Å². The quantitative estimate of drug-likeness (QED) is 0.589. The fourth-order valence-corrected chi connectivity index (χ4v) is 3.05. The van der Waals surface area contributed by atoms with Crippen molar-refractivity contribution in [3.63, 3.8) is 0 Å². The van der Waals surface area contributed by atoms with E-state index in [2.05, 4.69) is 10.6 Å². The smallest absolute Gasteiger partial charge is 0.255 e. The van der Waals surface area contributed by atoms with Crippen molar-refractivity contribution in [1.82, 2.24) is 5.32 Å². The summed E-state index contributed by atoms with van der Waals surface area (Å²) < 4.78 is 13.0. The van der Waals surface area contributed by atoms with Crippen LogP contribution in [-0.4, -0.2) is 18.4 Å². The van der Waals surface area contributed by atoms with Crippen LogP contribution in [0.15, 0.2) is 48.5 Å². The first-order chi connectivity index (χ1) is 13.3. The highest BCUT2D eigenvalue weighted by molar-refractivity contribution is 6.04. The van der Waals surface area contributed by atoms with Gasteiger partial charge in [-0.15, -0.1) is 12.4 Å². The summed E-state index contributed by atoms with van der Waals surface area (Å²) in [5.74, 6) is -0.740. The standard InChI is InChI=1S/C22H28FN3O2.ClH/c1-4-22(5-2,14-24)21(28)25-15(3)16-8-12-19(13-9-16)26-20(27)17-6-10-18(23)11-7-17;/h6-13,15H,4-5,14,24H2,1-3H3,(H,25,28)(H,26,27);1H. The molecule has 0 fully saturated rings. The molecule has 0 saturated carbocycles. The summed E-state index contributed by atoms with van der Waals surface area (Å²) in [5.41, 5.74) is 7.22. The molecule has 2 aromatic carbocycles. The summed E-state index contributed by atoms with van der Waals surface area (Å²) in [6.07, 6.45) is 1.37. The van der Waals surface area contributed by atoms with Crippen LogP contribution in [0.5, 0.6) is 0 Å². The molecule has 158 valence electrons. The Labute approximate surface area is 177 Å². The topological polar surface area (TPSA) is 84.2 Å². The number of anilines is 1. The molecule has 0 spiro atoms. The number of carbonyl (C=O) groups excluding carboxylic acids is 2. The number of amides is 2. The molecule has 0 saturated heterocycles. The monoisotopic (exact) mass is 421 g/mol. The van der Waals surface area contributed by atoms with Crippen molar-refractivity contribution in [2.75, 3.05) is 11.9 Å². The fourth-order valence-electron chi connectivity index (χ4n) is 3.05. The fraction of sp³-hybridized carbons (Fsp3) is 0.364. The zero-order valence-corrected chi connectivity index (χ0v) is 17.8. The van der Waals surface area contributed by atoms with E-state index in [1.807, 2.05) is 32.9 Å². The molecule has 0 aliphatic carbocycles. The molecular formula is C22H29ClFN3O2. The van der Waals surface area contributed by atoms with Gasteiger partial charge in [0.05, 0.1) is 11.5 Å². The molecule has 1 atom stereocenters. The minimum Gasteiger partial charge on any atom is -0.349 e. The van der Waals surface area contributed by atoms with E-state index in [-0.39, 0.29) is 36.1 Å². The van der Waals surface area contributed by atoms with Gasteiger partial charge in [-0.05, 0) is 61.7 Å². The second-order valence-electron chi connectivity index (χ2n) is 6.97. The van der Waals surface area contributed by atoms with Crippen LogP contribution in [0.2, 0.25) is 0 Å². The van der Waals surface area contributed by atoms with Crippen molar-refractivity contribution in [1.29, 1.82) is 0 Å². The molecule has 4 N–H and O–H groups in total. The number of hydrogen-bond donors (Lipinski definition) is 3. The highest BCUT2D eigenvalue weighted by atomic mass is 35.5. The lowest BCUT2D eigenvalue weighted by Gasteiger charge is -2.30. The number of rotatable bonds is 8. The molecule has 0 aliphatic rings. The predicted molar refractivity (Wildman–Crippen MR) is 117 cm³/mol. The van der Waals surface area contributed by atoms with Gasteiger partial charge in [0.1, 0.15) is 5.82 Å². The second kappa shape index (κ2) is 10.9. The van der Waals surface area contributed by atoms with E-state index in [4.69, 9.17) is 5.73 Å². The average Bonchev–Trinajstić information content (AvgIpc) is 2.70. The maximum atomic E-state index is 13.0. The average molecular weight is 422 g/mol. The van der Waals surface area contributed by atoms with E-state index < -0.39 is 5.41 Å². The Kier molecular flexibility index (Phi) is 9.27. The Morgan fingerprint density at radius 3 is 2.07 bits per heavy atom. The van der Waals surface area contributed by atoms with Gasteiger partial charge in [0.2, 0.25) is 5.91 Å². The van der Waals surface area contributed by atoms with E-state index in [1.54, 1.807) is 12.1 Å². The first kappa shape index (κ1) is 24.6. The molecule has 1 unspecified atom stereocenters. The normalized spacial score (nSPS) is 11.9. The number of hydrogen-bond acceptors (Lipinski definition) is 3. The summed E-state index contributed by atoms with van der Waals surface area (Å²) in [7, 11) is 0. The van der Waals surface area contributed by atoms with Gasteiger partial charge in [-0.2, -0.15) is 0 Å². The lowest BCUT2D eigenvalue weighted by atomic mass is 9.81.